The van der Waals surface area contributed by atoms with E-state index < -0.39 is 23.3 Å². The molecule has 0 spiro atoms. The molecule has 45 heavy (non-hydrogen) atoms. The van der Waals surface area contributed by atoms with Crippen molar-refractivity contribution in [3.05, 3.63) is 144 Å². The van der Waals surface area contributed by atoms with E-state index in [1.54, 1.807) is 0 Å². The van der Waals surface area contributed by atoms with Crippen molar-refractivity contribution < 1.29 is 19.1 Å². The van der Waals surface area contributed by atoms with Crippen LogP contribution in [0.25, 0.3) is 0 Å². The highest BCUT2D eigenvalue weighted by Crippen LogP contribution is 2.41. The Labute approximate surface area is 272 Å². The number of alkyl carbamates (subject to hydrolysis) is 1. The minimum Gasteiger partial charge on any atom is -0.444 e. The molecule has 0 saturated heterocycles. The third-order valence-corrected chi connectivity index (χ3v) is 8.66. The normalized spacial score (nSPS) is 12.7. The van der Waals surface area contributed by atoms with Gasteiger partial charge in [0.25, 0.3) is 0 Å². The van der Waals surface area contributed by atoms with E-state index in [-0.39, 0.29) is 9.86 Å². The maximum Gasteiger partial charge on any atom is 0.408 e. The van der Waals surface area contributed by atoms with Gasteiger partial charge in [-0.25, -0.2) is 4.79 Å². The Bertz CT molecular complexity index is 1390. The summed E-state index contributed by atoms with van der Waals surface area (Å²) in [6.07, 6.45) is 1.27. The van der Waals surface area contributed by atoms with Crippen LogP contribution in [-0.2, 0) is 26.3 Å². The van der Waals surface area contributed by atoms with Gasteiger partial charge in [-0.3, -0.25) is 4.79 Å². The predicted octanol–water partition coefficient (Wildman–Crippen LogP) is 8.95. The van der Waals surface area contributed by atoms with Crippen molar-refractivity contribution in [2.45, 2.75) is 75.9 Å². The second-order valence-electron chi connectivity index (χ2n) is 12.8. The zero-order valence-corrected chi connectivity index (χ0v) is 27.8. The third kappa shape index (κ3) is 9.81. The van der Waals surface area contributed by atoms with Crippen LogP contribution in [0.4, 0.5) is 4.79 Å². The molecule has 0 aliphatic carbocycles. The largest absolute Gasteiger partial charge is 0.444 e. The van der Waals surface area contributed by atoms with Gasteiger partial charge in [-0.1, -0.05) is 147 Å². The molecule has 0 aliphatic rings. The molecule has 0 aromatic heterocycles. The quantitative estimate of drug-likeness (QED) is 0.119. The summed E-state index contributed by atoms with van der Waals surface area (Å²) in [5.41, 5.74) is 2.70. The fourth-order valence-corrected chi connectivity index (χ4v) is 6.45. The van der Waals surface area contributed by atoms with E-state index in [1.807, 2.05) is 106 Å². The topological polar surface area (TPSA) is 64.6 Å². The number of carbonyl (C=O) groups is 2. The number of ether oxygens (including phenoxy) is 2. The van der Waals surface area contributed by atoms with Gasteiger partial charge in [-0.15, -0.1) is 0 Å². The van der Waals surface area contributed by atoms with Crippen molar-refractivity contribution in [1.29, 1.82) is 0 Å². The van der Waals surface area contributed by atoms with Crippen LogP contribution in [0.1, 0.15) is 69.7 Å². The lowest BCUT2D eigenvalue weighted by atomic mass is 9.80. The van der Waals surface area contributed by atoms with Gasteiger partial charge >= 0.3 is 6.09 Å². The SMILES string of the molecule is CC(C)(C)OC(=O)N[C@@H](Cc1ccccc1)C(=O)SC(C)(C)CCCOC(c1ccccc1)(c1ccccc1)c1ccccc1. The lowest BCUT2D eigenvalue weighted by molar-refractivity contribution is -0.112. The number of hydrogen-bond donors (Lipinski definition) is 1. The molecule has 0 aliphatic heterocycles. The van der Waals surface area contributed by atoms with E-state index in [4.69, 9.17) is 9.47 Å². The first-order chi connectivity index (χ1) is 21.5. The van der Waals surface area contributed by atoms with Crippen molar-refractivity contribution in [3.63, 3.8) is 0 Å². The van der Waals surface area contributed by atoms with Gasteiger partial charge in [-0.05, 0) is 55.9 Å². The second kappa shape index (κ2) is 15.4. The molecule has 0 radical (unpaired) electrons. The number of amides is 1. The molecule has 4 aromatic carbocycles. The highest BCUT2D eigenvalue weighted by atomic mass is 32.2. The summed E-state index contributed by atoms with van der Waals surface area (Å²) in [4.78, 5) is 26.3. The number of rotatable bonds is 13. The van der Waals surface area contributed by atoms with Crippen molar-refractivity contribution in [1.82, 2.24) is 5.32 Å². The Morgan fingerprint density at radius 2 is 1.13 bits per heavy atom. The Morgan fingerprint density at radius 3 is 1.58 bits per heavy atom. The lowest BCUT2D eigenvalue weighted by Crippen LogP contribution is -2.44. The van der Waals surface area contributed by atoms with Crippen molar-refractivity contribution in [2.24, 2.45) is 0 Å². The molecule has 5 nitrogen and oxygen atoms in total. The first-order valence-corrected chi connectivity index (χ1v) is 16.4. The Kier molecular flexibility index (Phi) is 11.7. The van der Waals surface area contributed by atoms with Gasteiger partial charge in [0.1, 0.15) is 17.2 Å². The van der Waals surface area contributed by atoms with E-state index in [2.05, 4.69) is 55.6 Å². The first kappa shape index (κ1) is 34.0. The second-order valence-corrected chi connectivity index (χ2v) is 14.5. The highest BCUT2D eigenvalue weighted by Gasteiger charge is 2.38. The van der Waals surface area contributed by atoms with Crippen LogP contribution in [0, 0.1) is 0 Å². The zero-order chi connectivity index (χ0) is 32.3. The first-order valence-electron chi connectivity index (χ1n) is 15.6. The molecule has 1 amide bonds. The molecule has 1 atom stereocenters. The van der Waals surface area contributed by atoms with Crippen LogP contribution < -0.4 is 5.32 Å². The average Bonchev–Trinajstić information content (AvgIpc) is 3.01. The summed E-state index contributed by atoms with van der Waals surface area (Å²) in [5.74, 6) is 0. The van der Waals surface area contributed by atoms with Gasteiger partial charge in [-0.2, -0.15) is 0 Å². The smallest absolute Gasteiger partial charge is 0.408 e. The van der Waals surface area contributed by atoms with Crippen molar-refractivity contribution in [3.8, 4) is 0 Å². The Morgan fingerprint density at radius 1 is 0.689 bits per heavy atom. The molecule has 0 saturated carbocycles. The molecule has 0 bridgehead atoms. The summed E-state index contributed by atoms with van der Waals surface area (Å²) >= 11 is 1.27. The van der Waals surface area contributed by atoms with Crippen LogP contribution in [0.2, 0.25) is 0 Å². The van der Waals surface area contributed by atoms with E-state index in [1.165, 1.54) is 11.8 Å². The summed E-state index contributed by atoms with van der Waals surface area (Å²) < 4.78 is 12.0. The maximum atomic E-state index is 13.7. The van der Waals surface area contributed by atoms with E-state index in [0.29, 0.717) is 13.0 Å². The van der Waals surface area contributed by atoms with Crippen LogP contribution >= 0.6 is 11.8 Å². The predicted molar refractivity (Wildman–Crippen MR) is 184 cm³/mol. The number of hydrogen-bond acceptors (Lipinski definition) is 5. The molecular formula is C39H45NO4S. The number of benzene rings is 4. The van der Waals surface area contributed by atoms with E-state index in [0.717, 1.165) is 35.1 Å². The van der Waals surface area contributed by atoms with Crippen molar-refractivity contribution >= 4 is 23.0 Å². The molecule has 4 aromatic rings. The number of thioether (sulfide) groups is 1. The highest BCUT2D eigenvalue weighted by molar-refractivity contribution is 8.14. The van der Waals surface area contributed by atoms with Gasteiger partial charge in [0.2, 0.25) is 5.12 Å². The molecule has 1 N–H and O–H groups in total. The fraction of sp³-hybridized carbons (Fsp3) is 0.333. The molecule has 6 heteroatoms. The molecule has 0 unspecified atom stereocenters. The summed E-state index contributed by atoms with van der Waals surface area (Å²) in [7, 11) is 0. The summed E-state index contributed by atoms with van der Waals surface area (Å²) in [6, 6.07) is 40.0. The Hall–Kier alpha value is -3.87. The van der Waals surface area contributed by atoms with Gasteiger partial charge in [0.15, 0.2) is 0 Å². The summed E-state index contributed by atoms with van der Waals surface area (Å²) in [5, 5.41) is 2.74. The third-order valence-electron chi connectivity index (χ3n) is 7.42. The van der Waals surface area contributed by atoms with E-state index >= 15 is 0 Å². The van der Waals surface area contributed by atoms with Crippen molar-refractivity contribution in [2.75, 3.05) is 6.61 Å². The molecule has 0 fully saturated rings. The van der Waals surface area contributed by atoms with E-state index in [9.17, 15) is 9.59 Å². The molecule has 4 rings (SSSR count). The van der Waals surface area contributed by atoms with Crippen LogP contribution in [0.15, 0.2) is 121 Å². The molecular weight excluding hydrogens is 578 g/mol. The number of carbonyl (C=O) groups excluding carboxylic acids is 2. The standard InChI is InChI=1S/C39H45NO4S/c1-37(2,3)44-36(42)40-34(29-30-19-10-6-11-20-30)35(41)45-38(4,5)27-18-28-43-39(31-21-12-7-13-22-31,32-23-14-8-15-24-32)33-25-16-9-17-26-33/h6-17,19-26,34H,18,27-29H2,1-5H3,(H,40,42)/t34-/m0/s1. The number of nitrogens with one attached hydrogen (secondary N) is 1. The van der Waals surface area contributed by atoms with Gasteiger partial charge in [0, 0.05) is 17.8 Å². The van der Waals surface area contributed by atoms with Crippen LogP contribution in [-0.4, -0.2) is 34.2 Å². The average molecular weight is 624 g/mol. The fourth-order valence-electron chi connectivity index (χ4n) is 5.38. The zero-order valence-electron chi connectivity index (χ0n) is 27.0. The Balaban J connectivity index is 1.48. The monoisotopic (exact) mass is 623 g/mol. The van der Waals surface area contributed by atoms with Crippen LogP contribution in [0.3, 0.4) is 0 Å². The lowest BCUT2D eigenvalue weighted by Gasteiger charge is -2.36. The van der Waals surface area contributed by atoms with Gasteiger partial charge in [0.05, 0.1) is 0 Å². The van der Waals surface area contributed by atoms with Gasteiger partial charge < -0.3 is 14.8 Å². The molecule has 0 heterocycles. The minimum absolute atomic E-state index is 0.0946. The molecule has 236 valence electrons. The minimum atomic E-state index is -0.783. The summed E-state index contributed by atoms with van der Waals surface area (Å²) in [6.45, 7) is 10.1. The van der Waals surface area contributed by atoms with Crippen LogP contribution in [0.5, 0.6) is 0 Å². The maximum absolute atomic E-state index is 13.7.